The molecule has 0 N–H and O–H groups in total. The normalized spacial score (nSPS) is 10.7. The lowest BCUT2D eigenvalue weighted by atomic mass is 10.2. The van der Waals surface area contributed by atoms with Crippen LogP contribution in [0.2, 0.25) is 0 Å². The van der Waals surface area contributed by atoms with Gasteiger partial charge in [-0.15, -0.1) is 0 Å². The molecular formula is C13H14N2OS. The van der Waals surface area contributed by atoms with Crippen molar-refractivity contribution in [3.8, 4) is 0 Å². The monoisotopic (exact) mass is 246 g/mol. The SMILES string of the molecule is C=C(CS)Cn1c(=O)c(C)nc2ccccc21. The average molecular weight is 246 g/mol. The highest BCUT2D eigenvalue weighted by Crippen LogP contribution is 2.11. The van der Waals surface area contributed by atoms with Crippen molar-refractivity contribution in [3.63, 3.8) is 0 Å². The largest absolute Gasteiger partial charge is 0.301 e. The van der Waals surface area contributed by atoms with Gasteiger partial charge in [0.2, 0.25) is 0 Å². The van der Waals surface area contributed by atoms with Crippen molar-refractivity contribution in [3.05, 3.63) is 52.5 Å². The maximum atomic E-state index is 12.1. The van der Waals surface area contributed by atoms with Crippen molar-refractivity contribution in [2.45, 2.75) is 13.5 Å². The molecule has 0 bridgehead atoms. The molecule has 0 aliphatic rings. The minimum Gasteiger partial charge on any atom is -0.301 e. The van der Waals surface area contributed by atoms with Crippen molar-refractivity contribution >= 4 is 23.7 Å². The number of aryl methyl sites for hydroxylation is 1. The van der Waals surface area contributed by atoms with E-state index in [4.69, 9.17) is 0 Å². The van der Waals surface area contributed by atoms with E-state index in [1.54, 1.807) is 11.5 Å². The Morgan fingerprint density at radius 2 is 2.18 bits per heavy atom. The number of benzene rings is 1. The van der Waals surface area contributed by atoms with Gasteiger partial charge in [-0.1, -0.05) is 18.7 Å². The first kappa shape index (κ1) is 11.9. The molecule has 0 spiro atoms. The molecule has 0 fully saturated rings. The van der Waals surface area contributed by atoms with E-state index in [9.17, 15) is 4.79 Å². The van der Waals surface area contributed by atoms with Crippen LogP contribution in [0.4, 0.5) is 0 Å². The van der Waals surface area contributed by atoms with Crippen molar-refractivity contribution in [1.82, 2.24) is 9.55 Å². The molecule has 0 radical (unpaired) electrons. The fourth-order valence-corrected chi connectivity index (χ4v) is 1.85. The Balaban J connectivity index is 2.70. The third-order valence-electron chi connectivity index (χ3n) is 2.62. The lowest BCUT2D eigenvalue weighted by Gasteiger charge is -2.11. The number of rotatable bonds is 3. The summed E-state index contributed by atoms with van der Waals surface area (Å²) < 4.78 is 1.70. The van der Waals surface area contributed by atoms with Crippen LogP contribution in [-0.2, 0) is 6.54 Å². The first-order chi connectivity index (χ1) is 8.13. The molecule has 0 saturated heterocycles. The lowest BCUT2D eigenvalue weighted by Crippen LogP contribution is -2.25. The number of aromatic nitrogens is 2. The Morgan fingerprint density at radius 1 is 1.47 bits per heavy atom. The third-order valence-corrected chi connectivity index (χ3v) is 3.07. The second-order valence-electron chi connectivity index (χ2n) is 3.99. The third kappa shape index (κ3) is 2.26. The summed E-state index contributed by atoms with van der Waals surface area (Å²) in [6.07, 6.45) is 0. The molecule has 1 aromatic heterocycles. The smallest absolute Gasteiger partial charge is 0.272 e. The molecule has 2 rings (SSSR count). The topological polar surface area (TPSA) is 34.9 Å². The van der Waals surface area contributed by atoms with Crippen LogP contribution in [0.15, 0.2) is 41.2 Å². The van der Waals surface area contributed by atoms with Gasteiger partial charge in [0.15, 0.2) is 0 Å². The number of hydrogen-bond donors (Lipinski definition) is 1. The summed E-state index contributed by atoms with van der Waals surface area (Å²) in [5, 5.41) is 0. The van der Waals surface area contributed by atoms with Crippen molar-refractivity contribution < 1.29 is 0 Å². The predicted octanol–water partition coefficient (Wildman–Crippen LogP) is 2.19. The molecule has 0 saturated carbocycles. The van der Waals surface area contributed by atoms with Crippen LogP contribution in [0.1, 0.15) is 5.69 Å². The van der Waals surface area contributed by atoms with Gasteiger partial charge in [0.25, 0.3) is 5.56 Å². The summed E-state index contributed by atoms with van der Waals surface area (Å²) in [6.45, 7) is 6.11. The molecule has 4 heteroatoms. The van der Waals surface area contributed by atoms with Crippen molar-refractivity contribution in [2.24, 2.45) is 0 Å². The zero-order chi connectivity index (χ0) is 12.4. The van der Waals surface area contributed by atoms with Gasteiger partial charge >= 0.3 is 0 Å². The van der Waals surface area contributed by atoms with Crippen molar-refractivity contribution in [1.29, 1.82) is 0 Å². The molecule has 0 aliphatic heterocycles. The zero-order valence-electron chi connectivity index (χ0n) is 9.68. The second kappa shape index (κ2) is 4.75. The Kier molecular flexibility index (Phi) is 3.33. The summed E-state index contributed by atoms with van der Waals surface area (Å²) in [4.78, 5) is 16.4. The molecule has 1 heterocycles. The maximum Gasteiger partial charge on any atom is 0.272 e. The minimum absolute atomic E-state index is 0.0633. The van der Waals surface area contributed by atoms with Crippen LogP contribution in [0.25, 0.3) is 11.0 Å². The number of hydrogen-bond acceptors (Lipinski definition) is 3. The van der Waals surface area contributed by atoms with E-state index in [-0.39, 0.29) is 5.56 Å². The fourth-order valence-electron chi connectivity index (χ4n) is 1.75. The van der Waals surface area contributed by atoms with E-state index in [0.29, 0.717) is 18.0 Å². The van der Waals surface area contributed by atoms with E-state index < -0.39 is 0 Å². The summed E-state index contributed by atoms with van der Waals surface area (Å²) in [5.41, 5.74) is 3.02. The standard InChI is InChI=1S/C13H14N2OS/c1-9(8-17)7-15-12-6-4-3-5-11(12)14-10(2)13(15)16/h3-6,17H,1,7-8H2,2H3. The molecule has 2 aromatic rings. The Bertz CT molecular complexity index is 631. The Hall–Kier alpha value is -1.55. The summed E-state index contributed by atoms with van der Waals surface area (Å²) in [7, 11) is 0. The van der Waals surface area contributed by atoms with Crippen LogP contribution < -0.4 is 5.56 Å². The van der Waals surface area contributed by atoms with E-state index in [1.807, 2.05) is 24.3 Å². The molecule has 0 amide bonds. The molecule has 0 aliphatic carbocycles. The summed E-state index contributed by atoms with van der Waals surface area (Å²) in [5.74, 6) is 0.572. The molecule has 3 nitrogen and oxygen atoms in total. The lowest BCUT2D eigenvalue weighted by molar-refractivity contribution is 0.768. The average Bonchev–Trinajstić information content (AvgIpc) is 2.34. The van der Waals surface area contributed by atoms with Gasteiger partial charge in [-0.3, -0.25) is 4.79 Å². The van der Waals surface area contributed by atoms with E-state index in [0.717, 1.165) is 16.6 Å². The van der Waals surface area contributed by atoms with E-state index in [1.165, 1.54) is 0 Å². The van der Waals surface area contributed by atoms with Crippen LogP contribution in [0.5, 0.6) is 0 Å². The van der Waals surface area contributed by atoms with E-state index in [2.05, 4.69) is 24.2 Å². The number of thiol groups is 1. The maximum absolute atomic E-state index is 12.1. The van der Waals surface area contributed by atoms with Gasteiger partial charge < -0.3 is 4.57 Å². The molecule has 17 heavy (non-hydrogen) atoms. The predicted molar refractivity (Wildman–Crippen MR) is 73.7 cm³/mol. The van der Waals surface area contributed by atoms with Crippen LogP contribution in [-0.4, -0.2) is 15.3 Å². The van der Waals surface area contributed by atoms with Gasteiger partial charge in [-0.25, -0.2) is 4.98 Å². The fraction of sp³-hybridized carbons (Fsp3) is 0.231. The first-order valence-electron chi connectivity index (χ1n) is 5.37. The molecular weight excluding hydrogens is 232 g/mol. The molecule has 0 unspecified atom stereocenters. The number of para-hydroxylation sites is 2. The molecule has 88 valence electrons. The Labute approximate surface area is 105 Å². The van der Waals surface area contributed by atoms with Gasteiger partial charge in [0, 0.05) is 12.3 Å². The van der Waals surface area contributed by atoms with Gasteiger partial charge in [-0.2, -0.15) is 12.6 Å². The quantitative estimate of drug-likeness (QED) is 0.665. The Morgan fingerprint density at radius 3 is 2.88 bits per heavy atom. The highest BCUT2D eigenvalue weighted by molar-refractivity contribution is 7.80. The zero-order valence-corrected chi connectivity index (χ0v) is 10.6. The summed E-state index contributed by atoms with van der Waals surface area (Å²) in [6, 6.07) is 7.62. The summed E-state index contributed by atoms with van der Waals surface area (Å²) >= 11 is 4.17. The van der Waals surface area contributed by atoms with Gasteiger partial charge in [0.1, 0.15) is 5.69 Å². The highest BCUT2D eigenvalue weighted by Gasteiger charge is 2.07. The van der Waals surface area contributed by atoms with Crippen LogP contribution in [0.3, 0.4) is 0 Å². The minimum atomic E-state index is -0.0633. The van der Waals surface area contributed by atoms with Crippen LogP contribution in [0, 0.1) is 6.92 Å². The van der Waals surface area contributed by atoms with Gasteiger partial charge in [0.05, 0.1) is 11.0 Å². The highest BCUT2D eigenvalue weighted by atomic mass is 32.1. The first-order valence-corrected chi connectivity index (χ1v) is 6.00. The molecule has 0 atom stereocenters. The van der Waals surface area contributed by atoms with E-state index >= 15 is 0 Å². The van der Waals surface area contributed by atoms with Gasteiger partial charge in [-0.05, 0) is 24.6 Å². The number of nitrogens with zero attached hydrogens (tertiary/aromatic N) is 2. The van der Waals surface area contributed by atoms with Crippen molar-refractivity contribution in [2.75, 3.05) is 5.75 Å². The van der Waals surface area contributed by atoms with Crippen LogP contribution >= 0.6 is 12.6 Å². The number of fused-ring (bicyclic) bond motifs is 1. The second-order valence-corrected chi connectivity index (χ2v) is 4.30. The molecule has 1 aromatic carbocycles.